The highest BCUT2D eigenvalue weighted by molar-refractivity contribution is 7.89. The van der Waals surface area contributed by atoms with Crippen LogP contribution in [0.4, 0.5) is 5.69 Å². The molecule has 0 unspecified atom stereocenters. The molecule has 0 spiro atoms. The van der Waals surface area contributed by atoms with Crippen molar-refractivity contribution >= 4 is 27.6 Å². The van der Waals surface area contributed by atoms with Crippen molar-refractivity contribution in [3.05, 3.63) is 59.7 Å². The molecule has 2 rings (SSSR count). The van der Waals surface area contributed by atoms with E-state index in [1.807, 2.05) is 12.1 Å². The van der Waals surface area contributed by atoms with Crippen molar-refractivity contribution in [2.45, 2.75) is 31.6 Å². The Bertz CT molecular complexity index is 937. The Morgan fingerprint density at radius 1 is 1.07 bits per heavy atom. The lowest BCUT2D eigenvalue weighted by Crippen LogP contribution is -2.24. The maximum Gasteiger partial charge on any atom is 0.338 e. The smallest absolute Gasteiger partial charge is 0.338 e. The number of ether oxygens (including phenoxy) is 1. The Morgan fingerprint density at radius 3 is 2.36 bits per heavy atom. The number of anilines is 1. The van der Waals surface area contributed by atoms with E-state index in [0.717, 1.165) is 5.56 Å². The van der Waals surface area contributed by atoms with Crippen LogP contribution >= 0.6 is 0 Å². The van der Waals surface area contributed by atoms with Crippen molar-refractivity contribution in [1.29, 1.82) is 0 Å². The van der Waals surface area contributed by atoms with Crippen molar-refractivity contribution in [2.75, 3.05) is 18.5 Å². The normalized spacial score (nSPS) is 11.3. The summed E-state index contributed by atoms with van der Waals surface area (Å²) in [5.41, 5.74) is 1.80. The first-order chi connectivity index (χ1) is 13.2. The van der Waals surface area contributed by atoms with Gasteiger partial charge in [0.15, 0.2) is 6.61 Å². The number of benzene rings is 2. The maximum atomic E-state index is 12.1. The molecule has 0 fully saturated rings. The minimum Gasteiger partial charge on any atom is -0.452 e. The van der Waals surface area contributed by atoms with Crippen LogP contribution in [0, 0.1) is 0 Å². The van der Waals surface area contributed by atoms with E-state index >= 15 is 0 Å². The third-order valence-electron chi connectivity index (χ3n) is 3.91. The van der Waals surface area contributed by atoms with E-state index in [4.69, 9.17) is 4.74 Å². The number of esters is 1. The van der Waals surface area contributed by atoms with Crippen LogP contribution in [-0.2, 0) is 19.6 Å². The van der Waals surface area contributed by atoms with Crippen molar-refractivity contribution < 1.29 is 22.7 Å². The third-order valence-corrected chi connectivity index (χ3v) is 5.45. The molecule has 0 atom stereocenters. The van der Waals surface area contributed by atoms with E-state index in [1.54, 1.807) is 19.1 Å². The van der Waals surface area contributed by atoms with Gasteiger partial charge in [0.05, 0.1) is 10.5 Å². The van der Waals surface area contributed by atoms with E-state index in [9.17, 15) is 18.0 Å². The summed E-state index contributed by atoms with van der Waals surface area (Å²) in [4.78, 5) is 24.1. The van der Waals surface area contributed by atoms with Crippen LogP contribution in [0.25, 0.3) is 0 Å². The van der Waals surface area contributed by atoms with Gasteiger partial charge in [-0.05, 0) is 41.8 Å². The Balaban J connectivity index is 1.95. The Labute approximate surface area is 165 Å². The lowest BCUT2D eigenvalue weighted by Gasteiger charge is -2.09. The summed E-state index contributed by atoms with van der Waals surface area (Å²) in [5, 5.41) is 2.65. The summed E-state index contributed by atoms with van der Waals surface area (Å²) < 4.78 is 31.4. The molecule has 28 heavy (non-hydrogen) atoms. The van der Waals surface area contributed by atoms with Gasteiger partial charge in [-0.1, -0.05) is 39.0 Å². The number of amides is 1. The average molecular weight is 404 g/mol. The number of hydrogen-bond donors (Lipinski definition) is 2. The quantitative estimate of drug-likeness (QED) is 0.659. The molecule has 0 aliphatic rings. The van der Waals surface area contributed by atoms with Crippen LogP contribution in [0.2, 0.25) is 0 Å². The molecule has 2 N–H and O–H groups in total. The number of carbonyl (C=O) groups is 2. The number of rotatable bonds is 8. The van der Waals surface area contributed by atoms with Crippen molar-refractivity contribution in [3.8, 4) is 0 Å². The Kier molecular flexibility index (Phi) is 7.31. The van der Waals surface area contributed by atoms with Gasteiger partial charge in [-0.15, -0.1) is 0 Å². The standard InChI is InChI=1S/C20H24N2O5S/c1-4-21-28(25,26)18-7-5-6-16(12-18)20(24)27-13-19(23)22-17-10-8-15(9-11-17)14(2)3/h5-12,14,21H,4,13H2,1-3H3,(H,22,23). The van der Waals surface area contributed by atoms with Crippen LogP contribution in [0.15, 0.2) is 53.4 Å². The second-order valence-electron chi connectivity index (χ2n) is 6.43. The van der Waals surface area contributed by atoms with Crippen LogP contribution in [0.5, 0.6) is 0 Å². The summed E-state index contributed by atoms with van der Waals surface area (Å²) in [6.45, 7) is 5.56. The van der Waals surface area contributed by atoms with Gasteiger partial charge in [-0.2, -0.15) is 0 Å². The maximum absolute atomic E-state index is 12.1. The number of nitrogens with one attached hydrogen (secondary N) is 2. The molecule has 1 amide bonds. The number of hydrogen-bond acceptors (Lipinski definition) is 5. The molecule has 0 heterocycles. The predicted molar refractivity (Wildman–Crippen MR) is 107 cm³/mol. The fourth-order valence-corrected chi connectivity index (χ4v) is 3.51. The van der Waals surface area contributed by atoms with Gasteiger partial charge in [-0.3, -0.25) is 4.79 Å². The van der Waals surface area contributed by atoms with E-state index in [2.05, 4.69) is 23.9 Å². The summed E-state index contributed by atoms with van der Waals surface area (Å²) >= 11 is 0. The summed E-state index contributed by atoms with van der Waals surface area (Å²) in [6.07, 6.45) is 0. The molecule has 0 saturated carbocycles. The molecule has 7 nitrogen and oxygen atoms in total. The minimum atomic E-state index is -3.69. The second-order valence-corrected chi connectivity index (χ2v) is 8.20. The van der Waals surface area contributed by atoms with Crippen molar-refractivity contribution in [3.63, 3.8) is 0 Å². The first-order valence-electron chi connectivity index (χ1n) is 8.89. The lowest BCUT2D eigenvalue weighted by molar-refractivity contribution is -0.119. The molecule has 0 saturated heterocycles. The second kappa shape index (κ2) is 9.48. The molecule has 0 aliphatic carbocycles. The zero-order valence-electron chi connectivity index (χ0n) is 16.1. The van der Waals surface area contributed by atoms with Gasteiger partial charge in [0, 0.05) is 12.2 Å². The van der Waals surface area contributed by atoms with E-state index in [0.29, 0.717) is 11.6 Å². The molecule has 2 aromatic rings. The Hall–Kier alpha value is -2.71. The average Bonchev–Trinajstić information content (AvgIpc) is 2.66. The van der Waals surface area contributed by atoms with Crippen molar-refractivity contribution in [1.82, 2.24) is 4.72 Å². The fraction of sp³-hybridized carbons (Fsp3) is 0.300. The largest absolute Gasteiger partial charge is 0.452 e. The topological polar surface area (TPSA) is 102 Å². The van der Waals surface area contributed by atoms with Gasteiger partial charge in [0.1, 0.15) is 0 Å². The van der Waals surface area contributed by atoms with Gasteiger partial charge in [-0.25, -0.2) is 17.9 Å². The predicted octanol–water partition coefficient (Wildman–Crippen LogP) is 2.90. The van der Waals surface area contributed by atoms with Crippen molar-refractivity contribution in [2.24, 2.45) is 0 Å². The van der Waals surface area contributed by atoms with Crippen LogP contribution < -0.4 is 10.0 Å². The highest BCUT2D eigenvalue weighted by atomic mass is 32.2. The fourth-order valence-electron chi connectivity index (χ4n) is 2.43. The summed E-state index contributed by atoms with van der Waals surface area (Å²) in [5.74, 6) is -0.876. The highest BCUT2D eigenvalue weighted by Crippen LogP contribution is 2.17. The lowest BCUT2D eigenvalue weighted by atomic mass is 10.0. The van der Waals surface area contributed by atoms with Gasteiger partial charge < -0.3 is 10.1 Å². The van der Waals surface area contributed by atoms with Gasteiger partial charge >= 0.3 is 5.97 Å². The molecular formula is C20H24N2O5S. The van der Waals surface area contributed by atoms with E-state index in [-0.39, 0.29) is 17.0 Å². The molecular weight excluding hydrogens is 380 g/mol. The van der Waals surface area contributed by atoms with Crippen LogP contribution in [0.3, 0.4) is 0 Å². The molecule has 0 radical (unpaired) electrons. The molecule has 0 aliphatic heterocycles. The van der Waals surface area contributed by atoms with Gasteiger partial charge in [0.2, 0.25) is 10.0 Å². The van der Waals surface area contributed by atoms with Crippen LogP contribution in [0.1, 0.15) is 42.6 Å². The summed E-state index contributed by atoms with van der Waals surface area (Å²) in [6, 6.07) is 12.9. The molecule has 2 aromatic carbocycles. The minimum absolute atomic E-state index is 0.0431. The zero-order valence-corrected chi connectivity index (χ0v) is 16.9. The molecule has 0 bridgehead atoms. The zero-order chi connectivity index (χ0) is 20.7. The SMILES string of the molecule is CCNS(=O)(=O)c1cccc(C(=O)OCC(=O)Nc2ccc(C(C)C)cc2)c1. The van der Waals surface area contributed by atoms with E-state index in [1.165, 1.54) is 24.3 Å². The summed E-state index contributed by atoms with van der Waals surface area (Å²) in [7, 11) is -3.69. The Morgan fingerprint density at radius 2 is 1.75 bits per heavy atom. The van der Waals surface area contributed by atoms with Gasteiger partial charge in [0.25, 0.3) is 5.91 Å². The van der Waals surface area contributed by atoms with E-state index < -0.39 is 28.5 Å². The highest BCUT2D eigenvalue weighted by Gasteiger charge is 2.16. The number of sulfonamides is 1. The van der Waals surface area contributed by atoms with Crippen LogP contribution in [-0.4, -0.2) is 33.4 Å². The number of carbonyl (C=O) groups excluding carboxylic acids is 2. The molecule has 0 aromatic heterocycles. The first kappa shape index (κ1) is 21.6. The monoisotopic (exact) mass is 404 g/mol. The molecule has 8 heteroatoms. The molecule has 150 valence electrons. The first-order valence-corrected chi connectivity index (χ1v) is 10.4. The third kappa shape index (κ3) is 5.90.